The number of carbonyl (C=O) groups excluding carboxylic acids is 1. The number of ketones is 1. The van der Waals surface area contributed by atoms with Gasteiger partial charge in [-0.15, -0.1) is 0 Å². The molecule has 2 N–H and O–H groups in total. The predicted octanol–water partition coefficient (Wildman–Crippen LogP) is 2.61. The number of hydrogen-bond donors (Lipinski definition) is 1. The van der Waals surface area contributed by atoms with Gasteiger partial charge in [-0.05, 0) is 31.1 Å². The Hall–Kier alpha value is -0.370. The van der Waals surface area contributed by atoms with Crippen LogP contribution in [0, 0.1) is 23.2 Å². The second-order valence-corrected chi connectivity index (χ2v) is 6.07. The van der Waals surface area contributed by atoms with E-state index < -0.39 is 0 Å². The van der Waals surface area contributed by atoms with Gasteiger partial charge in [0.1, 0.15) is 5.78 Å². The SMILES string of the molecule is CC1CC(C)CC(C(=O)C(C)(C)CN)C1. The Balaban J connectivity index is 2.67. The molecule has 1 fully saturated rings. The lowest BCUT2D eigenvalue weighted by atomic mass is 9.70. The second-order valence-electron chi connectivity index (χ2n) is 6.07. The van der Waals surface area contributed by atoms with E-state index >= 15 is 0 Å². The molecule has 2 unspecified atom stereocenters. The van der Waals surface area contributed by atoms with Crippen LogP contribution >= 0.6 is 0 Å². The molecule has 0 radical (unpaired) electrons. The molecule has 2 nitrogen and oxygen atoms in total. The third kappa shape index (κ3) is 3.04. The maximum atomic E-state index is 12.3. The van der Waals surface area contributed by atoms with Crippen molar-refractivity contribution in [1.82, 2.24) is 0 Å². The van der Waals surface area contributed by atoms with E-state index in [0.717, 1.165) is 12.8 Å². The van der Waals surface area contributed by atoms with Crippen LogP contribution in [0.4, 0.5) is 0 Å². The molecule has 0 aromatic heterocycles. The molecule has 2 atom stereocenters. The summed E-state index contributed by atoms with van der Waals surface area (Å²) in [4.78, 5) is 12.3. The number of rotatable bonds is 3. The maximum absolute atomic E-state index is 12.3. The lowest BCUT2D eigenvalue weighted by Gasteiger charge is -2.34. The summed E-state index contributed by atoms with van der Waals surface area (Å²) in [5.41, 5.74) is 5.33. The Kier molecular flexibility index (Phi) is 3.93. The van der Waals surface area contributed by atoms with E-state index in [4.69, 9.17) is 5.73 Å². The summed E-state index contributed by atoms with van der Waals surface area (Å²) in [6.45, 7) is 8.92. The first kappa shape index (κ1) is 12.7. The van der Waals surface area contributed by atoms with Gasteiger partial charge in [-0.2, -0.15) is 0 Å². The Morgan fingerprint density at radius 1 is 1.20 bits per heavy atom. The van der Waals surface area contributed by atoms with Crippen LogP contribution < -0.4 is 5.73 Å². The quantitative estimate of drug-likeness (QED) is 0.779. The third-order valence-electron chi connectivity index (χ3n) is 3.73. The molecule has 0 heterocycles. The smallest absolute Gasteiger partial charge is 0.142 e. The number of carbonyl (C=O) groups is 1. The van der Waals surface area contributed by atoms with Gasteiger partial charge in [-0.1, -0.05) is 27.7 Å². The van der Waals surface area contributed by atoms with Gasteiger partial charge < -0.3 is 5.73 Å². The van der Waals surface area contributed by atoms with Crippen molar-refractivity contribution in [1.29, 1.82) is 0 Å². The molecular formula is C13H25NO. The van der Waals surface area contributed by atoms with Crippen LogP contribution in [-0.4, -0.2) is 12.3 Å². The summed E-state index contributed by atoms with van der Waals surface area (Å²) >= 11 is 0. The molecule has 1 aliphatic carbocycles. The van der Waals surface area contributed by atoms with Crippen molar-refractivity contribution in [3.63, 3.8) is 0 Å². The Morgan fingerprint density at radius 3 is 2.07 bits per heavy atom. The van der Waals surface area contributed by atoms with E-state index in [1.54, 1.807) is 0 Å². The minimum atomic E-state index is -0.332. The van der Waals surface area contributed by atoms with Gasteiger partial charge in [0.25, 0.3) is 0 Å². The van der Waals surface area contributed by atoms with Crippen molar-refractivity contribution in [2.75, 3.05) is 6.54 Å². The van der Waals surface area contributed by atoms with E-state index in [1.807, 2.05) is 13.8 Å². The lowest BCUT2D eigenvalue weighted by Crippen LogP contribution is -2.39. The summed E-state index contributed by atoms with van der Waals surface area (Å²) < 4.78 is 0. The van der Waals surface area contributed by atoms with Crippen molar-refractivity contribution in [2.24, 2.45) is 28.9 Å². The summed E-state index contributed by atoms with van der Waals surface area (Å²) in [6, 6.07) is 0. The monoisotopic (exact) mass is 211 g/mol. The van der Waals surface area contributed by atoms with Gasteiger partial charge in [0.15, 0.2) is 0 Å². The second kappa shape index (κ2) is 4.65. The Labute approximate surface area is 93.6 Å². The third-order valence-corrected chi connectivity index (χ3v) is 3.73. The molecule has 1 saturated carbocycles. The summed E-state index contributed by atoms with van der Waals surface area (Å²) in [6.07, 6.45) is 3.39. The van der Waals surface area contributed by atoms with E-state index in [-0.39, 0.29) is 11.3 Å². The fraction of sp³-hybridized carbons (Fsp3) is 0.923. The highest BCUT2D eigenvalue weighted by atomic mass is 16.1. The van der Waals surface area contributed by atoms with E-state index in [9.17, 15) is 4.79 Å². The van der Waals surface area contributed by atoms with Gasteiger partial charge in [0.05, 0.1) is 0 Å². The minimum absolute atomic E-state index is 0.252. The first-order chi connectivity index (χ1) is 6.86. The van der Waals surface area contributed by atoms with Crippen LogP contribution in [0.25, 0.3) is 0 Å². The molecule has 88 valence electrons. The van der Waals surface area contributed by atoms with E-state index in [2.05, 4.69) is 13.8 Å². The van der Waals surface area contributed by atoms with E-state index in [0.29, 0.717) is 24.2 Å². The van der Waals surface area contributed by atoms with Crippen molar-refractivity contribution in [3.05, 3.63) is 0 Å². The van der Waals surface area contributed by atoms with Crippen LogP contribution in [-0.2, 0) is 4.79 Å². The molecule has 0 spiro atoms. The molecule has 0 bridgehead atoms. The van der Waals surface area contributed by atoms with Gasteiger partial charge in [0, 0.05) is 17.9 Å². The van der Waals surface area contributed by atoms with Crippen molar-refractivity contribution >= 4 is 5.78 Å². The molecule has 0 aliphatic heterocycles. The van der Waals surface area contributed by atoms with Crippen molar-refractivity contribution in [2.45, 2.75) is 47.0 Å². The zero-order valence-corrected chi connectivity index (χ0v) is 10.5. The largest absolute Gasteiger partial charge is 0.329 e. The Morgan fingerprint density at radius 2 is 1.67 bits per heavy atom. The highest BCUT2D eigenvalue weighted by Gasteiger charge is 2.36. The van der Waals surface area contributed by atoms with E-state index in [1.165, 1.54) is 6.42 Å². The topological polar surface area (TPSA) is 43.1 Å². The zero-order chi connectivity index (χ0) is 11.6. The fourth-order valence-electron chi connectivity index (χ4n) is 2.81. The molecule has 1 rings (SSSR count). The summed E-state index contributed by atoms with van der Waals surface area (Å²) in [5, 5.41) is 0. The average molecular weight is 211 g/mol. The number of nitrogens with two attached hydrogens (primary N) is 1. The first-order valence-corrected chi connectivity index (χ1v) is 6.11. The van der Waals surface area contributed by atoms with Crippen LogP contribution in [0.1, 0.15) is 47.0 Å². The van der Waals surface area contributed by atoms with Crippen LogP contribution in [0.15, 0.2) is 0 Å². The Bertz CT molecular complexity index is 225. The highest BCUT2D eigenvalue weighted by molar-refractivity contribution is 5.86. The molecule has 2 heteroatoms. The first-order valence-electron chi connectivity index (χ1n) is 6.11. The predicted molar refractivity (Wildman–Crippen MR) is 63.5 cm³/mol. The van der Waals surface area contributed by atoms with Gasteiger partial charge >= 0.3 is 0 Å². The minimum Gasteiger partial charge on any atom is -0.329 e. The maximum Gasteiger partial charge on any atom is 0.142 e. The molecule has 1 aliphatic rings. The summed E-state index contributed by atoms with van der Waals surface area (Å²) in [7, 11) is 0. The standard InChI is InChI=1S/C13H25NO/c1-9-5-10(2)7-11(6-9)12(15)13(3,4)8-14/h9-11H,5-8,14H2,1-4H3. The number of hydrogen-bond acceptors (Lipinski definition) is 2. The van der Waals surface area contributed by atoms with Gasteiger partial charge in [0.2, 0.25) is 0 Å². The highest BCUT2D eigenvalue weighted by Crippen LogP contribution is 2.36. The van der Waals surface area contributed by atoms with Crippen LogP contribution in [0.5, 0.6) is 0 Å². The molecule has 15 heavy (non-hydrogen) atoms. The summed E-state index contributed by atoms with van der Waals surface area (Å²) in [5.74, 6) is 2.01. The average Bonchev–Trinajstić information content (AvgIpc) is 2.15. The molecular weight excluding hydrogens is 186 g/mol. The van der Waals surface area contributed by atoms with Crippen LogP contribution in [0.3, 0.4) is 0 Å². The van der Waals surface area contributed by atoms with Crippen LogP contribution in [0.2, 0.25) is 0 Å². The van der Waals surface area contributed by atoms with Crippen molar-refractivity contribution < 1.29 is 4.79 Å². The normalized spacial score (nSPS) is 32.7. The number of Topliss-reactive ketones (excluding diaryl/α,β-unsaturated/α-hetero) is 1. The fourth-order valence-corrected chi connectivity index (χ4v) is 2.81. The molecule has 0 saturated heterocycles. The molecule has 0 amide bonds. The molecule has 0 aromatic rings. The van der Waals surface area contributed by atoms with Crippen molar-refractivity contribution in [3.8, 4) is 0 Å². The lowest BCUT2D eigenvalue weighted by molar-refractivity contribution is -0.132. The van der Waals surface area contributed by atoms with Gasteiger partial charge in [-0.3, -0.25) is 4.79 Å². The van der Waals surface area contributed by atoms with Gasteiger partial charge in [-0.25, -0.2) is 0 Å². The molecule has 0 aromatic carbocycles. The zero-order valence-electron chi connectivity index (χ0n) is 10.5.